The van der Waals surface area contributed by atoms with Crippen LogP contribution >= 0.6 is 34.9 Å². The lowest BCUT2D eigenvalue weighted by Crippen LogP contribution is -2.14. The highest BCUT2D eigenvalue weighted by Gasteiger charge is 2.08. The number of anilines is 1. The number of rotatable bonds is 7. The number of hydrogen-bond donors (Lipinski definition) is 1. The molecule has 112 valence electrons. The number of thioether (sulfide) groups is 2. The predicted molar refractivity (Wildman–Crippen MR) is 91.5 cm³/mol. The number of amides is 1. The number of hydrogen-bond acceptors (Lipinski definition) is 6. The summed E-state index contributed by atoms with van der Waals surface area (Å²) >= 11 is 4.63. The molecule has 21 heavy (non-hydrogen) atoms. The minimum atomic E-state index is -0.0202. The molecule has 0 bridgehead atoms. The lowest BCUT2D eigenvalue weighted by atomic mass is 10.1. The van der Waals surface area contributed by atoms with Crippen LogP contribution in [0.4, 0.5) is 5.69 Å². The van der Waals surface area contributed by atoms with Gasteiger partial charge in [0, 0.05) is 5.69 Å². The lowest BCUT2D eigenvalue weighted by molar-refractivity contribution is -0.113. The summed E-state index contributed by atoms with van der Waals surface area (Å²) < 4.78 is 1.79. The molecule has 1 amide bonds. The highest BCUT2D eigenvalue weighted by Crippen LogP contribution is 2.28. The van der Waals surface area contributed by atoms with Gasteiger partial charge in [-0.2, -0.15) is 0 Å². The van der Waals surface area contributed by atoms with Crippen LogP contribution in [-0.4, -0.2) is 27.6 Å². The second-order valence-electron chi connectivity index (χ2n) is 4.16. The van der Waals surface area contributed by atoms with E-state index in [2.05, 4.69) is 35.4 Å². The Hall–Kier alpha value is -1.05. The van der Waals surface area contributed by atoms with E-state index in [1.807, 2.05) is 18.2 Å². The molecule has 0 fully saturated rings. The first kappa shape index (κ1) is 16.3. The van der Waals surface area contributed by atoms with E-state index in [1.54, 1.807) is 11.8 Å². The molecule has 2 rings (SSSR count). The molecule has 0 aliphatic heterocycles. The monoisotopic (exact) mass is 339 g/mol. The van der Waals surface area contributed by atoms with Crippen LogP contribution in [0.1, 0.15) is 19.4 Å². The lowest BCUT2D eigenvalue weighted by Gasteiger charge is -2.05. The van der Waals surface area contributed by atoms with Crippen molar-refractivity contribution in [1.29, 1.82) is 0 Å². The van der Waals surface area contributed by atoms with Gasteiger partial charge in [-0.1, -0.05) is 60.8 Å². The van der Waals surface area contributed by atoms with Crippen molar-refractivity contribution < 1.29 is 4.79 Å². The van der Waals surface area contributed by atoms with Crippen LogP contribution in [-0.2, 0) is 11.2 Å². The third-order valence-corrected chi connectivity index (χ3v) is 5.67. The van der Waals surface area contributed by atoms with E-state index >= 15 is 0 Å². The molecule has 1 aromatic heterocycles. The van der Waals surface area contributed by atoms with Gasteiger partial charge in [-0.25, -0.2) is 0 Å². The van der Waals surface area contributed by atoms with Crippen molar-refractivity contribution in [2.45, 2.75) is 28.9 Å². The van der Waals surface area contributed by atoms with E-state index in [9.17, 15) is 4.79 Å². The second-order valence-corrected chi connectivity index (χ2v) is 7.87. The quantitative estimate of drug-likeness (QED) is 0.774. The molecule has 7 heteroatoms. The van der Waals surface area contributed by atoms with Crippen molar-refractivity contribution >= 4 is 46.5 Å². The maximum Gasteiger partial charge on any atom is 0.234 e. The van der Waals surface area contributed by atoms with E-state index in [-0.39, 0.29) is 5.91 Å². The molecule has 0 radical (unpaired) electrons. The smallest absolute Gasteiger partial charge is 0.234 e. The SMILES string of the molecule is CCSc1nnc(SCC(=O)Nc2cccc(CC)c2)s1. The van der Waals surface area contributed by atoms with Crippen molar-refractivity contribution in [3.63, 3.8) is 0 Å². The number of aryl methyl sites for hydroxylation is 1. The Morgan fingerprint density at radius 3 is 2.71 bits per heavy atom. The summed E-state index contributed by atoms with van der Waals surface area (Å²) in [5.74, 6) is 1.31. The summed E-state index contributed by atoms with van der Waals surface area (Å²) in [5, 5.41) is 11.1. The maximum atomic E-state index is 11.9. The number of aromatic nitrogens is 2. The maximum absolute atomic E-state index is 11.9. The molecular weight excluding hydrogens is 322 g/mol. The minimum Gasteiger partial charge on any atom is -0.325 e. The van der Waals surface area contributed by atoms with E-state index < -0.39 is 0 Å². The van der Waals surface area contributed by atoms with E-state index in [0.29, 0.717) is 5.75 Å². The number of nitrogens with zero attached hydrogens (tertiary/aromatic N) is 2. The Kier molecular flexibility index (Phi) is 6.53. The molecule has 0 aliphatic rings. The molecule has 0 saturated carbocycles. The average molecular weight is 340 g/mol. The zero-order chi connectivity index (χ0) is 15.1. The van der Waals surface area contributed by atoms with Crippen LogP contribution < -0.4 is 5.32 Å². The highest BCUT2D eigenvalue weighted by atomic mass is 32.2. The molecule has 0 spiro atoms. The molecule has 0 unspecified atom stereocenters. The zero-order valence-electron chi connectivity index (χ0n) is 12.0. The summed E-state index contributed by atoms with van der Waals surface area (Å²) in [6.07, 6.45) is 0.959. The molecule has 2 aromatic rings. The Balaban J connectivity index is 1.83. The van der Waals surface area contributed by atoms with Crippen LogP contribution in [0.3, 0.4) is 0 Å². The molecule has 0 saturated heterocycles. The fourth-order valence-corrected chi connectivity index (χ4v) is 4.35. The minimum absolute atomic E-state index is 0.0202. The molecule has 1 N–H and O–H groups in total. The van der Waals surface area contributed by atoms with Gasteiger partial charge in [-0.15, -0.1) is 10.2 Å². The van der Waals surface area contributed by atoms with E-state index in [4.69, 9.17) is 0 Å². The highest BCUT2D eigenvalue weighted by molar-refractivity contribution is 8.03. The third-order valence-electron chi connectivity index (χ3n) is 2.60. The van der Waals surface area contributed by atoms with Crippen LogP contribution in [0.15, 0.2) is 32.9 Å². The second kappa shape index (κ2) is 8.41. The van der Waals surface area contributed by atoms with Crippen LogP contribution in [0.2, 0.25) is 0 Å². The predicted octanol–water partition coefficient (Wildman–Crippen LogP) is 3.94. The van der Waals surface area contributed by atoms with E-state index in [1.165, 1.54) is 28.7 Å². The Morgan fingerprint density at radius 1 is 1.24 bits per heavy atom. The molecule has 4 nitrogen and oxygen atoms in total. The van der Waals surface area contributed by atoms with Crippen molar-refractivity contribution in [3.05, 3.63) is 29.8 Å². The summed E-state index contributed by atoms with van der Waals surface area (Å²) in [7, 11) is 0. The molecule has 1 aromatic carbocycles. The first-order valence-electron chi connectivity index (χ1n) is 6.69. The van der Waals surface area contributed by atoms with Crippen LogP contribution in [0.5, 0.6) is 0 Å². The van der Waals surface area contributed by atoms with Crippen LogP contribution in [0, 0.1) is 0 Å². The average Bonchev–Trinajstić information content (AvgIpc) is 2.93. The Labute approximate surface area is 137 Å². The Bertz CT molecular complexity index is 601. The standard InChI is InChI=1S/C14H17N3OS3/c1-3-10-6-5-7-11(8-10)15-12(18)9-20-14-17-16-13(21-14)19-4-2/h5-8H,3-4,9H2,1-2H3,(H,15,18). The summed E-state index contributed by atoms with van der Waals surface area (Å²) in [6.45, 7) is 4.18. The van der Waals surface area contributed by atoms with Gasteiger partial charge in [-0.05, 0) is 29.9 Å². The van der Waals surface area contributed by atoms with Crippen molar-refractivity contribution in [2.24, 2.45) is 0 Å². The van der Waals surface area contributed by atoms with Gasteiger partial charge >= 0.3 is 0 Å². The third kappa shape index (κ3) is 5.33. The van der Waals surface area contributed by atoms with Gasteiger partial charge in [0.25, 0.3) is 0 Å². The molecular formula is C14H17N3OS3. The number of carbonyl (C=O) groups is 1. The molecule has 1 heterocycles. The number of carbonyl (C=O) groups excluding carboxylic acids is 1. The van der Waals surface area contributed by atoms with Crippen LogP contribution in [0.25, 0.3) is 0 Å². The summed E-state index contributed by atoms with van der Waals surface area (Å²) in [5.41, 5.74) is 2.06. The fourth-order valence-electron chi connectivity index (χ4n) is 1.63. The topological polar surface area (TPSA) is 54.9 Å². The number of benzene rings is 1. The van der Waals surface area contributed by atoms with Crippen molar-refractivity contribution in [3.8, 4) is 0 Å². The Morgan fingerprint density at radius 2 is 2.00 bits per heavy atom. The van der Waals surface area contributed by atoms with Gasteiger partial charge in [0.05, 0.1) is 5.75 Å². The van der Waals surface area contributed by atoms with Gasteiger partial charge in [0.15, 0.2) is 8.68 Å². The fraction of sp³-hybridized carbons (Fsp3) is 0.357. The van der Waals surface area contributed by atoms with Gasteiger partial charge in [0.1, 0.15) is 0 Å². The summed E-state index contributed by atoms with van der Waals surface area (Å²) in [4.78, 5) is 11.9. The molecule has 0 aliphatic carbocycles. The van der Waals surface area contributed by atoms with Gasteiger partial charge in [0.2, 0.25) is 5.91 Å². The molecule has 0 atom stereocenters. The van der Waals surface area contributed by atoms with Crippen molar-refractivity contribution in [1.82, 2.24) is 10.2 Å². The van der Waals surface area contributed by atoms with Gasteiger partial charge < -0.3 is 5.32 Å². The summed E-state index contributed by atoms with van der Waals surface area (Å²) in [6, 6.07) is 7.92. The first-order valence-corrected chi connectivity index (χ1v) is 9.48. The number of nitrogens with one attached hydrogen (secondary N) is 1. The van der Waals surface area contributed by atoms with Gasteiger partial charge in [-0.3, -0.25) is 4.79 Å². The largest absolute Gasteiger partial charge is 0.325 e. The van der Waals surface area contributed by atoms with E-state index in [0.717, 1.165) is 26.5 Å². The first-order chi connectivity index (χ1) is 10.2. The normalized spacial score (nSPS) is 10.6. The van der Waals surface area contributed by atoms with Crippen molar-refractivity contribution in [2.75, 3.05) is 16.8 Å². The zero-order valence-corrected chi connectivity index (χ0v) is 14.4.